The van der Waals surface area contributed by atoms with Crippen LogP contribution in [0.2, 0.25) is 0 Å². The average molecular weight is 431 g/mol. The third-order valence-corrected chi connectivity index (χ3v) is 5.47. The van der Waals surface area contributed by atoms with E-state index in [-0.39, 0.29) is 11.5 Å². The number of nitrogens with zero attached hydrogens (tertiary/aromatic N) is 1. The van der Waals surface area contributed by atoms with Crippen LogP contribution in [0.25, 0.3) is 0 Å². The number of hydrogen-bond acceptors (Lipinski definition) is 7. The SMILES string of the molecule is COc1cc2c(cc1OC)C(C(=O)O)C(c1cc(OC)c(OC)c(OC)c1)N(C)C2=O. The van der Waals surface area contributed by atoms with Crippen LogP contribution in [0.5, 0.6) is 28.7 Å². The zero-order valence-corrected chi connectivity index (χ0v) is 18.2. The predicted octanol–water partition coefficient (Wildman–Crippen LogP) is 2.72. The second-order valence-electron chi connectivity index (χ2n) is 6.93. The molecule has 1 heterocycles. The molecular weight excluding hydrogens is 406 g/mol. The van der Waals surface area contributed by atoms with Crippen molar-refractivity contribution in [3.63, 3.8) is 0 Å². The molecule has 0 spiro atoms. The minimum Gasteiger partial charge on any atom is -0.493 e. The van der Waals surface area contributed by atoms with Gasteiger partial charge in [-0.1, -0.05) is 0 Å². The second-order valence-corrected chi connectivity index (χ2v) is 6.93. The Kier molecular flexibility index (Phi) is 6.14. The van der Waals surface area contributed by atoms with Gasteiger partial charge in [-0.2, -0.15) is 0 Å². The van der Waals surface area contributed by atoms with Crippen LogP contribution in [0.4, 0.5) is 0 Å². The highest BCUT2D eigenvalue weighted by Gasteiger charge is 2.44. The van der Waals surface area contributed by atoms with Gasteiger partial charge >= 0.3 is 5.97 Å². The van der Waals surface area contributed by atoms with E-state index in [2.05, 4.69) is 0 Å². The molecule has 0 fully saturated rings. The van der Waals surface area contributed by atoms with Crippen LogP contribution in [0.15, 0.2) is 24.3 Å². The second kappa shape index (κ2) is 8.63. The summed E-state index contributed by atoms with van der Waals surface area (Å²) in [5, 5.41) is 10.2. The summed E-state index contributed by atoms with van der Waals surface area (Å²) in [7, 11) is 8.88. The highest BCUT2D eigenvalue weighted by molar-refractivity contribution is 6.01. The molecule has 0 aliphatic carbocycles. The number of amides is 1. The zero-order valence-electron chi connectivity index (χ0n) is 18.2. The first-order valence-electron chi connectivity index (χ1n) is 9.38. The quantitative estimate of drug-likeness (QED) is 0.714. The van der Waals surface area contributed by atoms with Gasteiger partial charge in [0.2, 0.25) is 5.75 Å². The van der Waals surface area contributed by atoms with Gasteiger partial charge in [-0.15, -0.1) is 0 Å². The Morgan fingerprint density at radius 1 is 0.839 bits per heavy atom. The first-order chi connectivity index (χ1) is 14.8. The molecule has 1 amide bonds. The van der Waals surface area contributed by atoms with Crippen molar-refractivity contribution >= 4 is 11.9 Å². The van der Waals surface area contributed by atoms with E-state index < -0.39 is 17.9 Å². The van der Waals surface area contributed by atoms with Gasteiger partial charge in [0.1, 0.15) is 5.92 Å². The van der Waals surface area contributed by atoms with E-state index in [9.17, 15) is 14.7 Å². The van der Waals surface area contributed by atoms with Crippen molar-refractivity contribution in [3.8, 4) is 28.7 Å². The lowest BCUT2D eigenvalue weighted by Gasteiger charge is -2.39. The molecule has 9 heteroatoms. The summed E-state index contributed by atoms with van der Waals surface area (Å²) in [6.07, 6.45) is 0. The third kappa shape index (κ3) is 3.56. The Labute approximate surface area is 180 Å². The molecule has 1 N–H and O–H groups in total. The number of rotatable bonds is 7. The van der Waals surface area contributed by atoms with Crippen molar-refractivity contribution < 1.29 is 38.4 Å². The number of ether oxygens (including phenoxy) is 5. The topological polar surface area (TPSA) is 104 Å². The highest BCUT2D eigenvalue weighted by Crippen LogP contribution is 2.48. The number of hydrogen-bond donors (Lipinski definition) is 1. The van der Waals surface area contributed by atoms with E-state index in [0.717, 1.165) is 0 Å². The third-order valence-electron chi connectivity index (χ3n) is 5.47. The van der Waals surface area contributed by atoms with Crippen LogP contribution < -0.4 is 23.7 Å². The predicted molar refractivity (Wildman–Crippen MR) is 111 cm³/mol. The lowest BCUT2D eigenvalue weighted by atomic mass is 9.79. The van der Waals surface area contributed by atoms with E-state index in [1.54, 1.807) is 25.2 Å². The molecular formula is C22H25NO8. The van der Waals surface area contributed by atoms with Crippen LogP contribution >= 0.6 is 0 Å². The minimum atomic E-state index is -1.09. The molecule has 31 heavy (non-hydrogen) atoms. The molecule has 0 saturated heterocycles. The van der Waals surface area contributed by atoms with Crippen molar-refractivity contribution in [1.29, 1.82) is 0 Å². The summed E-state index contributed by atoms with van der Waals surface area (Å²) in [6.45, 7) is 0. The fourth-order valence-electron chi connectivity index (χ4n) is 4.00. The Bertz CT molecular complexity index is 994. The van der Waals surface area contributed by atoms with Crippen LogP contribution in [-0.4, -0.2) is 64.5 Å². The van der Waals surface area contributed by atoms with Crippen LogP contribution in [0.1, 0.15) is 33.4 Å². The number of methoxy groups -OCH3 is 5. The standard InChI is InChI=1S/C22H25NO8/c1-23-19(11-7-16(29-4)20(31-6)17(8-11)30-5)18(22(25)26)12-9-14(27-2)15(28-3)10-13(12)21(23)24/h7-10,18-19H,1-6H3,(H,25,26). The number of likely N-dealkylation sites (N-methyl/N-ethyl adjacent to an activating group) is 1. The van der Waals surface area contributed by atoms with Crippen molar-refractivity contribution in [1.82, 2.24) is 4.90 Å². The molecule has 1 aliphatic rings. The molecule has 2 unspecified atom stereocenters. The van der Waals surface area contributed by atoms with Gasteiger partial charge in [0.15, 0.2) is 23.0 Å². The van der Waals surface area contributed by atoms with Crippen LogP contribution in [0.3, 0.4) is 0 Å². The molecule has 2 aromatic rings. The molecule has 0 radical (unpaired) electrons. The number of carboxylic acid groups (broad SMARTS) is 1. The van der Waals surface area contributed by atoms with E-state index in [1.165, 1.54) is 46.5 Å². The maximum absolute atomic E-state index is 13.2. The van der Waals surface area contributed by atoms with Crippen molar-refractivity contribution in [2.45, 2.75) is 12.0 Å². The number of carbonyl (C=O) groups excluding carboxylic acids is 1. The molecule has 2 atom stereocenters. The summed E-state index contributed by atoms with van der Waals surface area (Å²) >= 11 is 0. The fraction of sp³-hybridized carbons (Fsp3) is 0.364. The zero-order chi connectivity index (χ0) is 22.9. The summed E-state index contributed by atoms with van der Waals surface area (Å²) in [5.41, 5.74) is 1.11. The molecule has 1 aliphatic heterocycles. The molecule has 9 nitrogen and oxygen atoms in total. The van der Waals surface area contributed by atoms with Crippen LogP contribution in [-0.2, 0) is 4.79 Å². The smallest absolute Gasteiger partial charge is 0.313 e. The van der Waals surface area contributed by atoms with E-state index in [0.29, 0.717) is 39.9 Å². The van der Waals surface area contributed by atoms with Crippen molar-refractivity contribution in [2.24, 2.45) is 0 Å². The average Bonchev–Trinajstić information content (AvgIpc) is 2.78. The lowest BCUT2D eigenvalue weighted by molar-refractivity contribution is -0.140. The Morgan fingerprint density at radius 3 is 1.81 bits per heavy atom. The van der Waals surface area contributed by atoms with Gasteiger partial charge < -0.3 is 33.7 Å². The molecule has 2 aromatic carbocycles. The first kappa shape index (κ1) is 22.1. The number of fused-ring (bicyclic) bond motifs is 1. The van der Waals surface area contributed by atoms with E-state index in [1.807, 2.05) is 0 Å². The first-order valence-corrected chi connectivity index (χ1v) is 9.38. The van der Waals surface area contributed by atoms with Crippen molar-refractivity contribution in [3.05, 3.63) is 41.0 Å². The Hall–Kier alpha value is -3.62. The van der Waals surface area contributed by atoms with E-state index >= 15 is 0 Å². The van der Waals surface area contributed by atoms with Gasteiger partial charge in [0.05, 0.1) is 41.6 Å². The summed E-state index contributed by atoms with van der Waals surface area (Å²) in [6, 6.07) is 5.52. The number of carbonyl (C=O) groups is 2. The van der Waals surface area contributed by atoms with Gasteiger partial charge in [0.25, 0.3) is 5.91 Å². The molecule has 0 aromatic heterocycles. The number of carboxylic acids is 1. The maximum atomic E-state index is 13.2. The van der Waals surface area contributed by atoms with Gasteiger partial charge in [-0.25, -0.2) is 0 Å². The summed E-state index contributed by atoms with van der Waals surface area (Å²) in [5.74, 6) is -0.719. The highest BCUT2D eigenvalue weighted by atomic mass is 16.5. The van der Waals surface area contributed by atoms with Crippen molar-refractivity contribution in [2.75, 3.05) is 42.6 Å². The normalized spacial score (nSPS) is 17.6. The molecule has 0 bridgehead atoms. The van der Waals surface area contributed by atoms with Gasteiger partial charge in [-0.3, -0.25) is 9.59 Å². The largest absolute Gasteiger partial charge is 0.493 e. The fourth-order valence-corrected chi connectivity index (χ4v) is 4.00. The number of benzene rings is 2. The minimum absolute atomic E-state index is 0.247. The summed E-state index contributed by atoms with van der Waals surface area (Å²) < 4.78 is 26.8. The molecule has 0 saturated carbocycles. The molecule has 3 rings (SSSR count). The Morgan fingerprint density at radius 2 is 1.35 bits per heavy atom. The monoisotopic (exact) mass is 431 g/mol. The lowest BCUT2D eigenvalue weighted by Crippen LogP contribution is -2.42. The number of aliphatic carboxylic acids is 1. The van der Waals surface area contributed by atoms with Gasteiger partial charge in [0, 0.05) is 12.6 Å². The van der Waals surface area contributed by atoms with Crippen LogP contribution in [0, 0.1) is 0 Å². The van der Waals surface area contributed by atoms with E-state index in [4.69, 9.17) is 23.7 Å². The maximum Gasteiger partial charge on any atom is 0.313 e. The molecule has 166 valence electrons. The van der Waals surface area contributed by atoms with Gasteiger partial charge in [-0.05, 0) is 35.4 Å². The Balaban J connectivity index is 2.27. The summed E-state index contributed by atoms with van der Waals surface area (Å²) in [4.78, 5) is 27.1.